The van der Waals surface area contributed by atoms with Crippen LogP contribution in [0.1, 0.15) is 0 Å². The standard InChI is InChI=1S/C5H5F3O/c1-2-3-4(9)5(6,7)8/h2-3,9H,1H2/b4-3+. The van der Waals surface area contributed by atoms with E-state index in [0.29, 0.717) is 6.08 Å². The van der Waals surface area contributed by atoms with E-state index in [4.69, 9.17) is 5.11 Å². The Morgan fingerprint density at radius 2 is 1.89 bits per heavy atom. The first-order valence-corrected chi connectivity index (χ1v) is 2.07. The second-order valence-corrected chi connectivity index (χ2v) is 1.29. The van der Waals surface area contributed by atoms with Crippen LogP contribution in [-0.2, 0) is 0 Å². The fourth-order valence-corrected chi connectivity index (χ4v) is 0.206. The highest BCUT2D eigenvalue weighted by atomic mass is 19.4. The first kappa shape index (κ1) is 8.07. The van der Waals surface area contributed by atoms with Crippen molar-refractivity contribution < 1.29 is 18.3 Å². The molecule has 52 valence electrons. The van der Waals surface area contributed by atoms with Crippen LogP contribution in [0.2, 0.25) is 0 Å². The number of hydrogen-bond acceptors (Lipinski definition) is 1. The summed E-state index contributed by atoms with van der Waals surface area (Å²) in [6.07, 6.45) is -3.29. The van der Waals surface area contributed by atoms with E-state index in [0.717, 1.165) is 6.08 Å². The van der Waals surface area contributed by atoms with Crippen LogP contribution in [-0.4, -0.2) is 11.3 Å². The highest BCUT2D eigenvalue weighted by Gasteiger charge is 2.32. The third-order valence-electron chi connectivity index (χ3n) is 0.566. The molecule has 1 nitrogen and oxygen atoms in total. The predicted octanol–water partition coefficient (Wildman–Crippen LogP) is 2.18. The maximum absolute atomic E-state index is 11.3. The van der Waals surface area contributed by atoms with Gasteiger partial charge in [-0.15, -0.1) is 0 Å². The molecule has 0 aliphatic rings. The van der Waals surface area contributed by atoms with Gasteiger partial charge in [0.15, 0.2) is 5.76 Å². The fraction of sp³-hybridized carbons (Fsp3) is 0.200. The average molecular weight is 138 g/mol. The van der Waals surface area contributed by atoms with E-state index in [1.54, 1.807) is 0 Å². The van der Waals surface area contributed by atoms with E-state index >= 15 is 0 Å². The highest BCUT2D eigenvalue weighted by molar-refractivity contribution is 5.07. The monoisotopic (exact) mass is 138 g/mol. The van der Waals surface area contributed by atoms with E-state index in [2.05, 4.69) is 6.58 Å². The van der Waals surface area contributed by atoms with Crippen molar-refractivity contribution in [2.24, 2.45) is 0 Å². The minimum atomic E-state index is -4.64. The van der Waals surface area contributed by atoms with Crippen LogP contribution in [0.15, 0.2) is 24.5 Å². The fourth-order valence-electron chi connectivity index (χ4n) is 0.206. The second kappa shape index (κ2) is 2.57. The van der Waals surface area contributed by atoms with Crippen molar-refractivity contribution in [3.8, 4) is 0 Å². The molecule has 0 atom stereocenters. The molecule has 0 aliphatic heterocycles. The number of allylic oxidation sites excluding steroid dienone is 3. The molecule has 0 rings (SSSR count). The summed E-state index contributed by atoms with van der Waals surface area (Å²) in [6, 6.07) is 0. The van der Waals surface area contributed by atoms with Gasteiger partial charge in [0.05, 0.1) is 0 Å². The molecule has 0 fully saturated rings. The van der Waals surface area contributed by atoms with Gasteiger partial charge in [-0.1, -0.05) is 12.7 Å². The Morgan fingerprint density at radius 1 is 1.44 bits per heavy atom. The zero-order valence-corrected chi connectivity index (χ0v) is 4.44. The van der Waals surface area contributed by atoms with E-state index in [-0.39, 0.29) is 0 Å². The molecule has 0 amide bonds. The lowest BCUT2D eigenvalue weighted by molar-refractivity contribution is -0.120. The van der Waals surface area contributed by atoms with Gasteiger partial charge in [0.2, 0.25) is 0 Å². The molecular weight excluding hydrogens is 133 g/mol. The Hall–Kier alpha value is -0.930. The number of halogens is 3. The molecule has 0 radical (unpaired) electrons. The van der Waals surface area contributed by atoms with Crippen molar-refractivity contribution >= 4 is 0 Å². The molecule has 0 saturated heterocycles. The van der Waals surface area contributed by atoms with Gasteiger partial charge in [-0.05, 0) is 6.08 Å². The number of aliphatic hydroxyl groups excluding tert-OH is 1. The topological polar surface area (TPSA) is 20.2 Å². The summed E-state index contributed by atoms with van der Waals surface area (Å²) in [5.74, 6) is -1.63. The quantitative estimate of drug-likeness (QED) is 0.435. The molecule has 0 aliphatic carbocycles. The Bertz CT molecular complexity index is 134. The van der Waals surface area contributed by atoms with Gasteiger partial charge in [-0.3, -0.25) is 0 Å². The van der Waals surface area contributed by atoms with Crippen molar-refractivity contribution in [1.82, 2.24) is 0 Å². The van der Waals surface area contributed by atoms with Gasteiger partial charge in [0.1, 0.15) is 0 Å². The summed E-state index contributed by atoms with van der Waals surface area (Å²) in [5, 5.41) is 8.05. The SMILES string of the molecule is C=C/C=C(/O)C(F)(F)F. The predicted molar refractivity (Wildman–Crippen MR) is 27.0 cm³/mol. The normalized spacial score (nSPS) is 13.4. The lowest BCUT2D eigenvalue weighted by Gasteiger charge is -2.01. The second-order valence-electron chi connectivity index (χ2n) is 1.29. The Balaban J connectivity index is 4.19. The molecule has 0 aromatic rings. The van der Waals surface area contributed by atoms with Gasteiger partial charge in [-0.25, -0.2) is 0 Å². The van der Waals surface area contributed by atoms with Crippen LogP contribution in [0.25, 0.3) is 0 Å². The summed E-state index contributed by atoms with van der Waals surface area (Å²) in [7, 11) is 0. The van der Waals surface area contributed by atoms with Crippen molar-refractivity contribution in [3.05, 3.63) is 24.5 Å². The summed E-state index contributed by atoms with van der Waals surface area (Å²) in [4.78, 5) is 0. The molecule has 0 aromatic carbocycles. The van der Waals surface area contributed by atoms with Gasteiger partial charge in [0.25, 0.3) is 0 Å². The average Bonchev–Trinajstić information content (AvgIpc) is 1.64. The Kier molecular flexibility index (Phi) is 2.30. The van der Waals surface area contributed by atoms with Crippen LogP contribution < -0.4 is 0 Å². The molecule has 1 N–H and O–H groups in total. The smallest absolute Gasteiger partial charge is 0.448 e. The number of hydrogen-bond donors (Lipinski definition) is 1. The summed E-state index contributed by atoms with van der Waals surface area (Å²) in [6.45, 7) is 2.98. The molecular formula is C5H5F3O. The van der Waals surface area contributed by atoms with E-state index in [9.17, 15) is 13.2 Å². The lowest BCUT2D eigenvalue weighted by Crippen LogP contribution is -2.10. The minimum absolute atomic E-state index is 0.486. The van der Waals surface area contributed by atoms with Gasteiger partial charge in [0, 0.05) is 0 Å². The van der Waals surface area contributed by atoms with Crippen LogP contribution >= 0.6 is 0 Å². The zero-order chi connectivity index (χ0) is 7.49. The molecule has 0 spiro atoms. The number of aliphatic hydroxyl groups is 1. The van der Waals surface area contributed by atoms with Gasteiger partial charge < -0.3 is 5.11 Å². The third-order valence-corrected chi connectivity index (χ3v) is 0.566. The molecule has 0 aromatic heterocycles. The van der Waals surface area contributed by atoms with Gasteiger partial charge >= 0.3 is 6.18 Å². The van der Waals surface area contributed by atoms with Gasteiger partial charge in [-0.2, -0.15) is 13.2 Å². The van der Waals surface area contributed by atoms with Crippen molar-refractivity contribution in [1.29, 1.82) is 0 Å². The lowest BCUT2D eigenvalue weighted by atomic mass is 10.4. The number of alkyl halides is 3. The maximum Gasteiger partial charge on any atom is 0.448 e. The van der Waals surface area contributed by atoms with E-state index in [1.807, 2.05) is 0 Å². The van der Waals surface area contributed by atoms with Crippen molar-refractivity contribution in [3.63, 3.8) is 0 Å². The molecule has 0 saturated carbocycles. The van der Waals surface area contributed by atoms with Crippen LogP contribution in [0.3, 0.4) is 0 Å². The summed E-state index contributed by atoms with van der Waals surface area (Å²) in [5.41, 5.74) is 0. The summed E-state index contributed by atoms with van der Waals surface area (Å²) >= 11 is 0. The largest absolute Gasteiger partial charge is 0.504 e. The molecule has 9 heavy (non-hydrogen) atoms. The van der Waals surface area contributed by atoms with Crippen molar-refractivity contribution in [2.75, 3.05) is 0 Å². The minimum Gasteiger partial charge on any atom is -0.504 e. The molecule has 0 unspecified atom stereocenters. The Morgan fingerprint density at radius 3 is 2.00 bits per heavy atom. The maximum atomic E-state index is 11.3. The zero-order valence-electron chi connectivity index (χ0n) is 4.44. The molecule has 4 heteroatoms. The molecule has 0 bridgehead atoms. The highest BCUT2D eigenvalue weighted by Crippen LogP contribution is 2.22. The van der Waals surface area contributed by atoms with Crippen LogP contribution in [0.4, 0.5) is 13.2 Å². The first-order chi connectivity index (χ1) is 3.98. The Labute approximate surface area is 50.1 Å². The third kappa shape index (κ3) is 2.79. The van der Waals surface area contributed by atoms with Crippen LogP contribution in [0, 0.1) is 0 Å². The van der Waals surface area contributed by atoms with Crippen LogP contribution in [0.5, 0.6) is 0 Å². The first-order valence-electron chi connectivity index (χ1n) is 2.07. The van der Waals surface area contributed by atoms with E-state index < -0.39 is 11.9 Å². The number of rotatable bonds is 1. The van der Waals surface area contributed by atoms with E-state index in [1.165, 1.54) is 0 Å². The molecule has 0 heterocycles. The van der Waals surface area contributed by atoms with Crippen molar-refractivity contribution in [2.45, 2.75) is 6.18 Å². The summed E-state index contributed by atoms with van der Waals surface area (Å²) < 4.78 is 33.8.